The van der Waals surface area contributed by atoms with E-state index in [2.05, 4.69) is 6.92 Å². The fourth-order valence-electron chi connectivity index (χ4n) is 4.39. The number of nitrogens with zero attached hydrogens (tertiary/aromatic N) is 2. The lowest BCUT2D eigenvalue weighted by atomic mass is 9.71. The summed E-state index contributed by atoms with van der Waals surface area (Å²) >= 11 is 0. The lowest BCUT2D eigenvalue weighted by Gasteiger charge is -2.44. The zero-order valence-electron chi connectivity index (χ0n) is 15.9. The van der Waals surface area contributed by atoms with E-state index in [1.54, 1.807) is 11.2 Å². The molecule has 2 heterocycles. The molecular formula is C20H30N2O3S. The molecule has 144 valence electrons. The highest BCUT2D eigenvalue weighted by Crippen LogP contribution is 2.39. The van der Waals surface area contributed by atoms with E-state index in [4.69, 9.17) is 0 Å². The van der Waals surface area contributed by atoms with Crippen molar-refractivity contribution >= 4 is 15.9 Å². The Morgan fingerprint density at radius 1 is 1.15 bits per heavy atom. The van der Waals surface area contributed by atoms with Crippen LogP contribution in [0.15, 0.2) is 30.3 Å². The van der Waals surface area contributed by atoms with Crippen molar-refractivity contribution in [2.45, 2.75) is 44.9 Å². The van der Waals surface area contributed by atoms with Gasteiger partial charge in [0.2, 0.25) is 15.9 Å². The maximum Gasteiger partial charge on any atom is 0.233 e. The summed E-state index contributed by atoms with van der Waals surface area (Å²) in [7, 11) is -3.20. The van der Waals surface area contributed by atoms with Crippen LogP contribution in [-0.4, -0.2) is 55.5 Å². The average Bonchev–Trinajstić information content (AvgIpc) is 2.68. The van der Waals surface area contributed by atoms with Crippen molar-refractivity contribution in [3.63, 3.8) is 0 Å². The highest BCUT2D eigenvalue weighted by molar-refractivity contribution is 7.89. The lowest BCUT2D eigenvalue weighted by molar-refractivity contribution is -0.141. The van der Waals surface area contributed by atoms with E-state index in [-0.39, 0.29) is 11.7 Å². The molecule has 0 bridgehead atoms. The maximum atomic E-state index is 13.6. The van der Waals surface area contributed by atoms with Gasteiger partial charge in [0.25, 0.3) is 0 Å². The van der Waals surface area contributed by atoms with Crippen LogP contribution in [0.4, 0.5) is 0 Å². The molecule has 1 atom stereocenters. The molecule has 0 N–H and O–H groups in total. The molecule has 6 heteroatoms. The Kier molecular flexibility index (Phi) is 5.72. The summed E-state index contributed by atoms with van der Waals surface area (Å²) in [6.07, 6.45) is 3.33. The largest absolute Gasteiger partial charge is 0.342 e. The fraction of sp³-hybridized carbons (Fsp3) is 0.650. The average molecular weight is 379 g/mol. The zero-order valence-corrected chi connectivity index (χ0v) is 16.7. The van der Waals surface area contributed by atoms with Gasteiger partial charge in [-0.3, -0.25) is 4.79 Å². The monoisotopic (exact) mass is 378 g/mol. The van der Waals surface area contributed by atoms with Crippen LogP contribution < -0.4 is 0 Å². The first-order chi connectivity index (χ1) is 12.4. The van der Waals surface area contributed by atoms with Crippen LogP contribution in [-0.2, 0) is 20.2 Å². The highest BCUT2D eigenvalue weighted by Gasteiger charge is 2.46. The number of sulfonamides is 1. The minimum absolute atomic E-state index is 0.114. The van der Waals surface area contributed by atoms with Gasteiger partial charge in [-0.15, -0.1) is 0 Å². The minimum Gasteiger partial charge on any atom is -0.342 e. The zero-order chi connectivity index (χ0) is 18.8. The molecular weight excluding hydrogens is 348 g/mol. The van der Waals surface area contributed by atoms with Crippen molar-refractivity contribution < 1.29 is 13.2 Å². The number of rotatable bonds is 4. The second kappa shape index (κ2) is 7.69. The van der Waals surface area contributed by atoms with Gasteiger partial charge in [-0.1, -0.05) is 37.3 Å². The number of benzene rings is 1. The lowest BCUT2D eigenvalue weighted by Crippen LogP contribution is -2.55. The molecule has 0 radical (unpaired) electrons. The van der Waals surface area contributed by atoms with Gasteiger partial charge >= 0.3 is 0 Å². The van der Waals surface area contributed by atoms with Crippen LogP contribution in [0.5, 0.6) is 0 Å². The summed E-state index contributed by atoms with van der Waals surface area (Å²) < 4.78 is 26.0. The topological polar surface area (TPSA) is 57.7 Å². The number of likely N-dealkylation sites (tertiary alicyclic amines) is 1. The molecule has 2 aliphatic rings. The van der Waals surface area contributed by atoms with Gasteiger partial charge in [-0.2, -0.15) is 0 Å². The molecule has 2 saturated heterocycles. The Hall–Kier alpha value is -1.40. The van der Waals surface area contributed by atoms with E-state index in [9.17, 15) is 13.2 Å². The third-order valence-corrected chi connectivity index (χ3v) is 7.90. The van der Waals surface area contributed by atoms with Crippen LogP contribution >= 0.6 is 0 Å². The first-order valence-electron chi connectivity index (χ1n) is 9.72. The molecule has 2 fully saturated rings. The van der Waals surface area contributed by atoms with Crippen molar-refractivity contribution in [2.24, 2.45) is 5.92 Å². The molecule has 5 nitrogen and oxygen atoms in total. The maximum absolute atomic E-state index is 13.6. The van der Waals surface area contributed by atoms with E-state index in [0.29, 0.717) is 31.8 Å². The van der Waals surface area contributed by atoms with Gasteiger partial charge in [0.1, 0.15) is 0 Å². The van der Waals surface area contributed by atoms with Crippen molar-refractivity contribution in [3.8, 4) is 0 Å². The van der Waals surface area contributed by atoms with E-state index >= 15 is 0 Å². The standard InChI is InChI=1S/C20H30N2O3S/c1-3-26(24,25)22-14-11-20(12-15-22,18-9-5-4-6-10-18)19(23)21-13-7-8-17(2)16-21/h4-6,9-10,17H,3,7-8,11-16H2,1-2H3. The summed E-state index contributed by atoms with van der Waals surface area (Å²) in [5.41, 5.74) is 0.426. The van der Waals surface area contributed by atoms with E-state index < -0.39 is 15.4 Å². The molecule has 3 rings (SSSR count). The third-order valence-electron chi connectivity index (χ3n) is 6.01. The molecule has 1 aromatic carbocycles. The summed E-state index contributed by atoms with van der Waals surface area (Å²) in [6.45, 7) is 6.33. The Morgan fingerprint density at radius 3 is 2.38 bits per heavy atom. The van der Waals surface area contributed by atoms with Crippen LogP contribution in [0.25, 0.3) is 0 Å². The predicted molar refractivity (Wildman–Crippen MR) is 103 cm³/mol. The van der Waals surface area contributed by atoms with Gasteiger partial charge in [-0.25, -0.2) is 12.7 Å². The fourth-order valence-corrected chi connectivity index (χ4v) is 5.49. The molecule has 0 spiro atoms. The van der Waals surface area contributed by atoms with Gasteiger partial charge in [0.05, 0.1) is 11.2 Å². The highest BCUT2D eigenvalue weighted by atomic mass is 32.2. The van der Waals surface area contributed by atoms with Crippen LogP contribution in [0.2, 0.25) is 0 Å². The number of carbonyl (C=O) groups is 1. The summed E-state index contributed by atoms with van der Waals surface area (Å²) in [4.78, 5) is 15.6. The van der Waals surface area contributed by atoms with Crippen LogP contribution in [0.1, 0.15) is 45.1 Å². The van der Waals surface area contributed by atoms with Crippen molar-refractivity contribution in [2.75, 3.05) is 31.9 Å². The van der Waals surface area contributed by atoms with E-state index in [1.165, 1.54) is 6.42 Å². The number of hydrogen-bond acceptors (Lipinski definition) is 3. The summed E-state index contributed by atoms with van der Waals surface area (Å²) in [6, 6.07) is 9.95. The Labute approximate surface area is 157 Å². The first kappa shape index (κ1) is 19.4. The number of piperidine rings is 2. The molecule has 26 heavy (non-hydrogen) atoms. The first-order valence-corrected chi connectivity index (χ1v) is 11.3. The molecule has 1 aromatic rings. The van der Waals surface area contributed by atoms with E-state index in [0.717, 1.165) is 25.1 Å². The Morgan fingerprint density at radius 2 is 1.81 bits per heavy atom. The van der Waals surface area contributed by atoms with Crippen LogP contribution in [0.3, 0.4) is 0 Å². The van der Waals surface area contributed by atoms with Gasteiger partial charge < -0.3 is 4.90 Å². The quantitative estimate of drug-likeness (QED) is 0.809. The SMILES string of the molecule is CCS(=O)(=O)N1CCC(C(=O)N2CCCC(C)C2)(c2ccccc2)CC1. The Balaban J connectivity index is 1.89. The second-order valence-corrected chi connectivity index (χ2v) is 10.0. The van der Waals surface area contributed by atoms with Gasteiger partial charge in [0.15, 0.2) is 0 Å². The predicted octanol–water partition coefficient (Wildman–Crippen LogP) is 2.63. The summed E-state index contributed by atoms with van der Waals surface area (Å²) in [5, 5.41) is 0. The molecule has 0 saturated carbocycles. The van der Waals surface area contributed by atoms with Crippen molar-refractivity contribution in [1.29, 1.82) is 0 Å². The summed E-state index contributed by atoms with van der Waals surface area (Å²) in [5.74, 6) is 0.827. The Bertz CT molecular complexity index is 725. The van der Waals surface area contributed by atoms with Crippen molar-refractivity contribution in [1.82, 2.24) is 9.21 Å². The van der Waals surface area contributed by atoms with Crippen LogP contribution in [0, 0.1) is 5.92 Å². The number of carbonyl (C=O) groups excluding carboxylic acids is 1. The van der Waals surface area contributed by atoms with Crippen molar-refractivity contribution in [3.05, 3.63) is 35.9 Å². The van der Waals surface area contributed by atoms with E-state index in [1.807, 2.05) is 35.2 Å². The molecule has 1 unspecified atom stereocenters. The molecule has 0 aliphatic carbocycles. The molecule has 2 aliphatic heterocycles. The minimum atomic E-state index is -3.20. The molecule has 0 aromatic heterocycles. The number of amides is 1. The molecule has 1 amide bonds. The van der Waals surface area contributed by atoms with Gasteiger partial charge in [-0.05, 0) is 44.1 Å². The smallest absolute Gasteiger partial charge is 0.233 e. The third kappa shape index (κ3) is 3.67. The van der Waals surface area contributed by atoms with Gasteiger partial charge in [0, 0.05) is 26.2 Å². The number of hydrogen-bond donors (Lipinski definition) is 0. The normalized spacial score (nSPS) is 24.4. The second-order valence-electron chi connectivity index (χ2n) is 7.75.